The molecule has 6 nitrogen and oxygen atoms in total. The van der Waals surface area contributed by atoms with Gasteiger partial charge in [0.2, 0.25) is 5.91 Å². The Morgan fingerprint density at radius 3 is 2.03 bits per heavy atom. The van der Waals surface area contributed by atoms with Gasteiger partial charge in [-0.2, -0.15) is 0 Å². The summed E-state index contributed by atoms with van der Waals surface area (Å²) in [5.41, 5.74) is 0.989. The predicted octanol–water partition coefficient (Wildman–Crippen LogP) is 3.27. The molecule has 0 aromatic heterocycles. The van der Waals surface area contributed by atoms with Crippen LogP contribution in [0.15, 0.2) is 42.5 Å². The van der Waals surface area contributed by atoms with Gasteiger partial charge in [-0.25, -0.2) is 8.78 Å². The molecule has 1 heterocycles. The fourth-order valence-corrected chi connectivity index (χ4v) is 3.69. The molecule has 0 spiro atoms. The summed E-state index contributed by atoms with van der Waals surface area (Å²) in [5.74, 6) is -1.91. The standard InChI is InChI=1S/C24H27F2N3O3/c1-15(2)22(27-23(31)17-4-7-19(25)8-5-17)24(32)29-12-10-28(11-13-29)21-9-6-18(16(3)30)14-20(21)26/h4-9,14-15,22H,10-13H2,1-3H3,(H,27,31)/t22-/m0/s1. The van der Waals surface area contributed by atoms with Crippen LogP contribution in [0, 0.1) is 17.6 Å². The van der Waals surface area contributed by atoms with E-state index < -0.39 is 23.6 Å². The summed E-state index contributed by atoms with van der Waals surface area (Å²) < 4.78 is 27.6. The number of ketones is 1. The second kappa shape index (κ2) is 9.89. The molecule has 1 aliphatic rings. The monoisotopic (exact) mass is 443 g/mol. The average Bonchev–Trinajstić information content (AvgIpc) is 2.77. The normalized spacial score (nSPS) is 14.9. The maximum atomic E-state index is 14.5. The third-order valence-electron chi connectivity index (χ3n) is 5.61. The number of benzene rings is 2. The molecule has 0 saturated carbocycles. The smallest absolute Gasteiger partial charge is 0.251 e. The van der Waals surface area contributed by atoms with Crippen molar-refractivity contribution in [3.63, 3.8) is 0 Å². The van der Waals surface area contributed by atoms with Gasteiger partial charge in [0, 0.05) is 37.3 Å². The lowest BCUT2D eigenvalue weighted by Gasteiger charge is -2.38. The van der Waals surface area contributed by atoms with Gasteiger partial charge in [0.15, 0.2) is 5.78 Å². The summed E-state index contributed by atoms with van der Waals surface area (Å²) in [5, 5.41) is 2.76. The number of carbonyl (C=O) groups is 3. The Hall–Kier alpha value is -3.29. The van der Waals surface area contributed by atoms with Gasteiger partial charge in [-0.1, -0.05) is 13.8 Å². The van der Waals surface area contributed by atoms with Crippen molar-refractivity contribution in [2.45, 2.75) is 26.8 Å². The summed E-state index contributed by atoms with van der Waals surface area (Å²) in [4.78, 5) is 40.6. The van der Waals surface area contributed by atoms with Crippen LogP contribution in [0.25, 0.3) is 0 Å². The Kier molecular flexibility index (Phi) is 7.22. The molecular weight excluding hydrogens is 416 g/mol. The van der Waals surface area contributed by atoms with Gasteiger partial charge in [-0.05, 0) is 55.3 Å². The number of hydrogen-bond donors (Lipinski definition) is 1. The van der Waals surface area contributed by atoms with Gasteiger partial charge >= 0.3 is 0 Å². The number of anilines is 1. The maximum absolute atomic E-state index is 14.5. The van der Waals surface area contributed by atoms with Crippen LogP contribution in [0.5, 0.6) is 0 Å². The first kappa shape index (κ1) is 23.4. The molecule has 1 aliphatic heterocycles. The van der Waals surface area contributed by atoms with Crippen molar-refractivity contribution in [3.8, 4) is 0 Å². The molecule has 1 fully saturated rings. The third kappa shape index (κ3) is 5.30. The molecule has 0 radical (unpaired) electrons. The first-order chi connectivity index (χ1) is 15.2. The van der Waals surface area contributed by atoms with Crippen LogP contribution >= 0.6 is 0 Å². The Morgan fingerprint density at radius 1 is 0.906 bits per heavy atom. The van der Waals surface area contributed by atoms with E-state index in [1.165, 1.54) is 37.3 Å². The van der Waals surface area contributed by atoms with E-state index in [1.54, 1.807) is 17.0 Å². The molecule has 1 N–H and O–H groups in total. The zero-order valence-electron chi connectivity index (χ0n) is 18.4. The van der Waals surface area contributed by atoms with Crippen molar-refractivity contribution in [3.05, 3.63) is 65.2 Å². The van der Waals surface area contributed by atoms with E-state index in [9.17, 15) is 23.2 Å². The number of nitrogens with zero attached hydrogens (tertiary/aromatic N) is 2. The van der Waals surface area contributed by atoms with E-state index in [2.05, 4.69) is 5.32 Å². The van der Waals surface area contributed by atoms with Crippen LogP contribution in [0.4, 0.5) is 14.5 Å². The second-order valence-corrected chi connectivity index (χ2v) is 8.24. The van der Waals surface area contributed by atoms with Gasteiger partial charge in [-0.3, -0.25) is 14.4 Å². The second-order valence-electron chi connectivity index (χ2n) is 8.24. The largest absolute Gasteiger partial charge is 0.366 e. The fraction of sp³-hybridized carbons (Fsp3) is 0.375. The number of carbonyl (C=O) groups excluding carboxylic acids is 3. The minimum atomic E-state index is -0.731. The van der Waals surface area contributed by atoms with Crippen LogP contribution in [0.1, 0.15) is 41.5 Å². The van der Waals surface area contributed by atoms with Crippen molar-refractivity contribution in [1.29, 1.82) is 0 Å². The van der Waals surface area contributed by atoms with Crippen molar-refractivity contribution in [2.24, 2.45) is 5.92 Å². The van der Waals surface area contributed by atoms with Gasteiger partial charge in [0.1, 0.15) is 17.7 Å². The molecule has 2 aromatic rings. The summed E-state index contributed by atoms with van der Waals surface area (Å²) in [6.45, 7) is 6.69. The van der Waals surface area contributed by atoms with Gasteiger partial charge in [0.05, 0.1) is 5.69 Å². The van der Waals surface area contributed by atoms with Crippen LogP contribution in [-0.4, -0.2) is 54.7 Å². The third-order valence-corrected chi connectivity index (χ3v) is 5.61. The van der Waals surface area contributed by atoms with E-state index in [-0.39, 0.29) is 23.2 Å². The Balaban J connectivity index is 1.64. The van der Waals surface area contributed by atoms with Crippen molar-refractivity contribution >= 4 is 23.3 Å². The van der Waals surface area contributed by atoms with Crippen LogP contribution in [-0.2, 0) is 4.79 Å². The lowest BCUT2D eigenvalue weighted by atomic mass is 10.0. The molecule has 0 aliphatic carbocycles. The summed E-state index contributed by atoms with van der Waals surface area (Å²) in [6.07, 6.45) is 0. The van der Waals surface area contributed by atoms with Gasteiger partial charge in [0.25, 0.3) is 5.91 Å². The maximum Gasteiger partial charge on any atom is 0.251 e. The predicted molar refractivity (Wildman–Crippen MR) is 118 cm³/mol. The van der Waals surface area contributed by atoms with Gasteiger partial charge < -0.3 is 15.1 Å². The number of nitrogens with one attached hydrogen (secondary N) is 1. The highest BCUT2D eigenvalue weighted by atomic mass is 19.1. The highest BCUT2D eigenvalue weighted by Gasteiger charge is 2.31. The number of rotatable bonds is 6. The SMILES string of the molecule is CC(=O)c1ccc(N2CCN(C(=O)[C@@H](NC(=O)c3ccc(F)cc3)C(C)C)CC2)c(F)c1. The molecule has 32 heavy (non-hydrogen) atoms. The molecular formula is C24H27F2N3O3. The molecule has 170 valence electrons. The van der Waals surface area contributed by atoms with E-state index in [1.807, 2.05) is 18.7 Å². The van der Waals surface area contributed by atoms with Crippen molar-refractivity contribution < 1.29 is 23.2 Å². The Labute approximate surface area is 186 Å². The Morgan fingerprint density at radius 2 is 1.50 bits per heavy atom. The first-order valence-corrected chi connectivity index (χ1v) is 10.6. The average molecular weight is 443 g/mol. The molecule has 1 saturated heterocycles. The quantitative estimate of drug-likeness (QED) is 0.696. The number of hydrogen-bond acceptors (Lipinski definition) is 4. The molecule has 3 rings (SSSR count). The number of halogens is 2. The van der Waals surface area contributed by atoms with E-state index in [0.29, 0.717) is 37.4 Å². The molecule has 0 unspecified atom stereocenters. The molecule has 2 aromatic carbocycles. The highest BCUT2D eigenvalue weighted by Crippen LogP contribution is 2.23. The first-order valence-electron chi connectivity index (χ1n) is 10.6. The van der Waals surface area contributed by atoms with Crippen LogP contribution < -0.4 is 10.2 Å². The zero-order chi connectivity index (χ0) is 23.4. The summed E-state index contributed by atoms with van der Waals surface area (Å²) >= 11 is 0. The summed E-state index contributed by atoms with van der Waals surface area (Å²) in [7, 11) is 0. The molecule has 0 bridgehead atoms. The van der Waals surface area contributed by atoms with Gasteiger partial charge in [-0.15, -0.1) is 0 Å². The lowest BCUT2D eigenvalue weighted by Crippen LogP contribution is -2.56. The van der Waals surface area contributed by atoms with Crippen LogP contribution in [0.3, 0.4) is 0 Å². The number of Topliss-reactive ketones (excluding diaryl/α,β-unsaturated/α-hetero) is 1. The zero-order valence-corrected chi connectivity index (χ0v) is 18.4. The fourth-order valence-electron chi connectivity index (χ4n) is 3.69. The van der Waals surface area contributed by atoms with Crippen molar-refractivity contribution in [2.75, 3.05) is 31.1 Å². The lowest BCUT2D eigenvalue weighted by molar-refractivity contribution is -0.134. The van der Waals surface area contributed by atoms with E-state index in [4.69, 9.17) is 0 Å². The minimum Gasteiger partial charge on any atom is -0.366 e. The van der Waals surface area contributed by atoms with Crippen molar-refractivity contribution in [1.82, 2.24) is 10.2 Å². The summed E-state index contributed by atoms with van der Waals surface area (Å²) in [6, 6.07) is 8.82. The van der Waals surface area contributed by atoms with Crippen LogP contribution in [0.2, 0.25) is 0 Å². The van der Waals surface area contributed by atoms with E-state index in [0.717, 1.165) is 0 Å². The topological polar surface area (TPSA) is 69.7 Å². The molecule has 2 amide bonds. The number of amides is 2. The minimum absolute atomic E-state index is 0.151. The highest BCUT2D eigenvalue weighted by molar-refractivity contribution is 5.97. The molecule has 1 atom stereocenters. The molecule has 8 heteroatoms. The van der Waals surface area contributed by atoms with E-state index >= 15 is 0 Å². The number of piperazine rings is 1. The Bertz CT molecular complexity index is 1000.